The van der Waals surface area contributed by atoms with Gasteiger partial charge in [-0.15, -0.1) is 5.10 Å². The molecule has 0 fully saturated rings. The fourth-order valence-corrected chi connectivity index (χ4v) is 0.589. The van der Waals surface area contributed by atoms with Crippen molar-refractivity contribution in [3.63, 3.8) is 0 Å². The van der Waals surface area contributed by atoms with Gasteiger partial charge in [0.15, 0.2) is 5.82 Å². The number of aromatic nitrogens is 3. The molecule has 1 amide bonds. The molecule has 1 atom stereocenters. The Balaban J connectivity index is 2.84. The molecule has 1 aromatic heterocycles. The molecule has 0 saturated heterocycles. The predicted molar refractivity (Wildman–Crippen MR) is 38.3 cm³/mol. The van der Waals surface area contributed by atoms with Crippen molar-refractivity contribution in [2.24, 2.45) is 5.73 Å². The first-order chi connectivity index (χ1) is 5.11. The van der Waals surface area contributed by atoms with Gasteiger partial charge in [0.05, 0.1) is 6.20 Å². The van der Waals surface area contributed by atoms with E-state index in [4.69, 9.17) is 11.5 Å². The number of primary amides is 1. The maximum atomic E-state index is 10.6. The zero-order valence-electron chi connectivity index (χ0n) is 6.06. The lowest BCUT2D eigenvalue weighted by Gasteiger charge is -2.03. The Morgan fingerprint density at radius 3 is 2.82 bits per heavy atom. The number of anilines is 1. The molecule has 60 valence electrons. The van der Waals surface area contributed by atoms with Crippen LogP contribution in [0, 0.1) is 0 Å². The van der Waals surface area contributed by atoms with E-state index in [0.29, 0.717) is 0 Å². The van der Waals surface area contributed by atoms with Crippen molar-refractivity contribution in [3.05, 3.63) is 6.20 Å². The Bertz CT molecular complexity index is 268. The van der Waals surface area contributed by atoms with Crippen LogP contribution in [0.1, 0.15) is 13.0 Å². The highest BCUT2D eigenvalue weighted by Crippen LogP contribution is 2.01. The second kappa shape index (κ2) is 2.57. The molecule has 0 aliphatic carbocycles. The number of nitrogens with two attached hydrogens (primary N) is 2. The summed E-state index contributed by atoms with van der Waals surface area (Å²) >= 11 is 0. The zero-order valence-corrected chi connectivity index (χ0v) is 6.06. The van der Waals surface area contributed by atoms with E-state index in [1.54, 1.807) is 6.92 Å². The molecule has 0 aromatic carbocycles. The largest absolute Gasteiger partial charge is 0.381 e. The summed E-state index contributed by atoms with van der Waals surface area (Å²) in [5, 5.41) is 7.43. The smallest absolute Gasteiger partial charge is 0.243 e. The van der Waals surface area contributed by atoms with Gasteiger partial charge in [-0.1, -0.05) is 0 Å². The Labute approximate surface area is 63.2 Å². The number of carbonyl (C=O) groups excluding carboxylic acids is 1. The van der Waals surface area contributed by atoms with Crippen molar-refractivity contribution >= 4 is 11.7 Å². The Hall–Kier alpha value is -1.59. The molecule has 1 heterocycles. The summed E-state index contributed by atoms with van der Waals surface area (Å²) in [5.74, 6) is -0.210. The summed E-state index contributed by atoms with van der Waals surface area (Å²) in [6, 6.07) is -0.549. The molecule has 1 unspecified atom stereocenters. The molecule has 4 N–H and O–H groups in total. The second-order valence-electron chi connectivity index (χ2n) is 2.17. The van der Waals surface area contributed by atoms with Crippen molar-refractivity contribution in [2.75, 3.05) is 5.73 Å². The van der Waals surface area contributed by atoms with Crippen LogP contribution in [0.25, 0.3) is 0 Å². The van der Waals surface area contributed by atoms with Crippen LogP contribution < -0.4 is 11.5 Å². The van der Waals surface area contributed by atoms with E-state index >= 15 is 0 Å². The quantitative estimate of drug-likeness (QED) is 0.566. The average Bonchev–Trinajstić information content (AvgIpc) is 2.34. The van der Waals surface area contributed by atoms with Crippen LogP contribution in [0.5, 0.6) is 0 Å². The standard InChI is InChI=1S/C5H9N5O/c1-3(5(7)11)10-8-2-4(6)9-10/h2-3H,1H3,(H2,6,9)(H2,7,11). The molecular formula is C5H9N5O. The number of carbonyl (C=O) groups is 1. The normalized spacial score (nSPS) is 12.8. The molecule has 0 spiro atoms. The highest BCUT2D eigenvalue weighted by atomic mass is 16.1. The van der Waals surface area contributed by atoms with E-state index in [1.807, 2.05) is 0 Å². The summed E-state index contributed by atoms with van der Waals surface area (Å²) in [6.07, 6.45) is 1.36. The molecule has 11 heavy (non-hydrogen) atoms. The van der Waals surface area contributed by atoms with Crippen molar-refractivity contribution in [1.82, 2.24) is 15.0 Å². The number of rotatable bonds is 2. The van der Waals surface area contributed by atoms with E-state index in [-0.39, 0.29) is 5.82 Å². The van der Waals surface area contributed by atoms with Crippen LogP contribution in [-0.2, 0) is 4.79 Å². The van der Waals surface area contributed by atoms with E-state index in [9.17, 15) is 4.79 Å². The van der Waals surface area contributed by atoms with E-state index < -0.39 is 11.9 Å². The zero-order chi connectivity index (χ0) is 8.43. The lowest BCUT2D eigenvalue weighted by molar-refractivity contribution is -0.121. The van der Waals surface area contributed by atoms with Crippen molar-refractivity contribution < 1.29 is 4.79 Å². The van der Waals surface area contributed by atoms with Crippen LogP contribution in [0.2, 0.25) is 0 Å². The Morgan fingerprint density at radius 1 is 1.82 bits per heavy atom. The van der Waals surface area contributed by atoms with Gasteiger partial charge in [0.25, 0.3) is 0 Å². The van der Waals surface area contributed by atoms with Gasteiger partial charge < -0.3 is 11.5 Å². The maximum Gasteiger partial charge on any atom is 0.243 e. The van der Waals surface area contributed by atoms with Gasteiger partial charge >= 0.3 is 0 Å². The third-order valence-corrected chi connectivity index (χ3v) is 1.28. The van der Waals surface area contributed by atoms with Crippen molar-refractivity contribution in [3.8, 4) is 0 Å². The lowest BCUT2D eigenvalue weighted by Crippen LogP contribution is -2.25. The highest BCUT2D eigenvalue weighted by molar-refractivity contribution is 5.77. The van der Waals surface area contributed by atoms with E-state index in [2.05, 4.69) is 10.2 Å². The molecule has 6 nitrogen and oxygen atoms in total. The molecular weight excluding hydrogens is 146 g/mol. The van der Waals surface area contributed by atoms with Crippen LogP contribution in [0.3, 0.4) is 0 Å². The van der Waals surface area contributed by atoms with Gasteiger partial charge in [-0.2, -0.15) is 9.90 Å². The van der Waals surface area contributed by atoms with Crippen LogP contribution in [0.4, 0.5) is 5.82 Å². The number of nitrogen functional groups attached to an aromatic ring is 1. The van der Waals surface area contributed by atoms with Crippen molar-refractivity contribution in [1.29, 1.82) is 0 Å². The third kappa shape index (κ3) is 1.46. The first-order valence-corrected chi connectivity index (χ1v) is 3.08. The Morgan fingerprint density at radius 2 is 2.45 bits per heavy atom. The summed E-state index contributed by atoms with van der Waals surface area (Å²) in [5.41, 5.74) is 10.3. The van der Waals surface area contributed by atoms with E-state index in [1.165, 1.54) is 11.0 Å². The van der Waals surface area contributed by atoms with Crippen LogP contribution in [0.15, 0.2) is 6.20 Å². The second-order valence-corrected chi connectivity index (χ2v) is 2.17. The monoisotopic (exact) mass is 155 g/mol. The van der Waals surface area contributed by atoms with Gasteiger partial charge in [0, 0.05) is 0 Å². The molecule has 0 aliphatic rings. The highest BCUT2D eigenvalue weighted by Gasteiger charge is 2.12. The number of hydrogen-bond acceptors (Lipinski definition) is 4. The minimum absolute atomic E-state index is 0.276. The fourth-order valence-electron chi connectivity index (χ4n) is 0.589. The summed E-state index contributed by atoms with van der Waals surface area (Å²) in [6.45, 7) is 1.60. The third-order valence-electron chi connectivity index (χ3n) is 1.28. The maximum absolute atomic E-state index is 10.6. The minimum Gasteiger partial charge on any atom is -0.381 e. The SMILES string of the molecule is CC(C(N)=O)n1ncc(N)n1. The van der Waals surface area contributed by atoms with Gasteiger partial charge in [-0.05, 0) is 6.92 Å². The molecule has 1 rings (SSSR count). The summed E-state index contributed by atoms with van der Waals surface area (Å²) < 4.78 is 0. The minimum atomic E-state index is -0.549. The first kappa shape index (κ1) is 7.52. The summed E-state index contributed by atoms with van der Waals surface area (Å²) in [7, 11) is 0. The summed E-state index contributed by atoms with van der Waals surface area (Å²) in [4.78, 5) is 11.8. The number of nitrogens with zero attached hydrogens (tertiary/aromatic N) is 3. The fraction of sp³-hybridized carbons (Fsp3) is 0.400. The average molecular weight is 155 g/mol. The molecule has 0 saturated carbocycles. The molecule has 6 heteroatoms. The predicted octanol–water partition coefficient (Wildman–Crippen LogP) is -1.09. The van der Waals surface area contributed by atoms with Gasteiger partial charge in [0.2, 0.25) is 5.91 Å². The van der Waals surface area contributed by atoms with Gasteiger partial charge in [-0.25, -0.2) is 0 Å². The number of hydrogen-bond donors (Lipinski definition) is 2. The van der Waals surface area contributed by atoms with E-state index in [0.717, 1.165) is 0 Å². The number of amides is 1. The topological polar surface area (TPSA) is 99.8 Å². The molecule has 0 bridgehead atoms. The van der Waals surface area contributed by atoms with Gasteiger partial charge in [0.1, 0.15) is 6.04 Å². The van der Waals surface area contributed by atoms with Crippen molar-refractivity contribution in [2.45, 2.75) is 13.0 Å². The lowest BCUT2D eigenvalue weighted by atomic mass is 10.3. The molecule has 1 aromatic rings. The van der Waals surface area contributed by atoms with Crippen LogP contribution >= 0.6 is 0 Å². The first-order valence-electron chi connectivity index (χ1n) is 3.08. The Kier molecular flexibility index (Phi) is 1.75. The van der Waals surface area contributed by atoms with Crippen LogP contribution in [-0.4, -0.2) is 20.9 Å². The molecule has 0 aliphatic heterocycles. The van der Waals surface area contributed by atoms with Gasteiger partial charge in [-0.3, -0.25) is 4.79 Å². The molecule has 0 radical (unpaired) electrons.